The van der Waals surface area contributed by atoms with Crippen molar-refractivity contribution in [2.24, 2.45) is 23.7 Å². The number of fused-ring (bicyclic) bond motifs is 2. The molecule has 0 radical (unpaired) electrons. The summed E-state index contributed by atoms with van der Waals surface area (Å²) in [6.45, 7) is 1.28. The van der Waals surface area contributed by atoms with Crippen molar-refractivity contribution in [3.63, 3.8) is 0 Å². The molecule has 7 rings (SSSR count). The fourth-order valence-corrected chi connectivity index (χ4v) is 5.79. The van der Waals surface area contributed by atoms with Crippen LogP contribution in [0, 0.1) is 23.7 Å². The second-order valence-corrected chi connectivity index (χ2v) is 7.06. The molecule has 6 aliphatic rings. The van der Waals surface area contributed by atoms with Gasteiger partial charge in [-0.1, -0.05) is 36.4 Å². The van der Waals surface area contributed by atoms with Gasteiger partial charge in [0.15, 0.2) is 0 Å². The summed E-state index contributed by atoms with van der Waals surface area (Å²) in [6, 6.07) is 9.96. The highest BCUT2D eigenvalue weighted by Crippen LogP contribution is 2.62. The zero-order chi connectivity index (χ0) is 12.6. The quantitative estimate of drug-likeness (QED) is 0.637. The van der Waals surface area contributed by atoms with Crippen LogP contribution in [0.1, 0.15) is 35.9 Å². The van der Waals surface area contributed by atoms with Crippen LogP contribution in [0.25, 0.3) is 0 Å². The minimum absolute atomic E-state index is 0.684. The molecule has 1 aromatic carbocycles. The summed E-state index contributed by atoms with van der Waals surface area (Å²) in [7, 11) is 2.34. The van der Waals surface area contributed by atoms with Gasteiger partial charge in [0.1, 0.15) is 0 Å². The fraction of sp³-hybridized carbons (Fsp3) is 0.556. The van der Waals surface area contributed by atoms with Crippen LogP contribution in [0.15, 0.2) is 36.4 Å². The number of likely N-dealkylation sites (N-methyl/N-ethyl adjacent to an activating group) is 1. The summed E-state index contributed by atoms with van der Waals surface area (Å²) in [4.78, 5) is 2.64. The fourth-order valence-electron chi connectivity index (χ4n) is 5.79. The summed E-state index contributed by atoms with van der Waals surface area (Å²) in [5.41, 5.74) is 3.32. The zero-order valence-electron chi connectivity index (χ0n) is 11.5. The molecular formula is C18H21N. The van der Waals surface area contributed by atoms with Crippen molar-refractivity contribution in [2.75, 3.05) is 13.6 Å². The molecule has 6 atom stereocenters. The van der Waals surface area contributed by atoms with Crippen molar-refractivity contribution >= 4 is 0 Å². The normalized spacial score (nSPS) is 46.2. The van der Waals surface area contributed by atoms with Gasteiger partial charge in [-0.15, -0.1) is 0 Å². The van der Waals surface area contributed by atoms with E-state index in [0.29, 0.717) is 6.04 Å². The van der Waals surface area contributed by atoms with Gasteiger partial charge in [0.05, 0.1) is 0 Å². The van der Waals surface area contributed by atoms with E-state index in [1.807, 2.05) is 0 Å². The number of nitrogens with zero attached hydrogens (tertiary/aromatic N) is 1. The molecule has 0 aromatic heterocycles. The van der Waals surface area contributed by atoms with E-state index in [2.05, 4.69) is 48.4 Å². The molecule has 1 saturated heterocycles. The Bertz CT molecular complexity index is 561. The molecule has 19 heavy (non-hydrogen) atoms. The maximum atomic E-state index is 2.64. The Morgan fingerprint density at radius 1 is 0.947 bits per heavy atom. The minimum atomic E-state index is 0.684. The first-order valence-corrected chi connectivity index (χ1v) is 7.82. The minimum Gasteiger partial charge on any atom is -0.298 e. The lowest BCUT2D eigenvalue weighted by Gasteiger charge is -2.61. The maximum absolute atomic E-state index is 2.64. The monoisotopic (exact) mass is 251 g/mol. The molecule has 2 aliphatic heterocycles. The van der Waals surface area contributed by atoms with Crippen LogP contribution in [0.4, 0.5) is 0 Å². The highest BCUT2D eigenvalue weighted by atomic mass is 15.2. The number of hydrogen-bond acceptors (Lipinski definition) is 1. The van der Waals surface area contributed by atoms with Crippen LogP contribution in [0.3, 0.4) is 0 Å². The van der Waals surface area contributed by atoms with Gasteiger partial charge in [0.25, 0.3) is 0 Å². The average Bonchev–Trinajstić information content (AvgIpc) is 2.48. The van der Waals surface area contributed by atoms with Crippen molar-refractivity contribution < 1.29 is 0 Å². The smallest absolute Gasteiger partial charge is 0.0385 e. The molecule has 4 bridgehead atoms. The first-order chi connectivity index (χ1) is 9.34. The third-order valence-corrected chi connectivity index (χ3v) is 6.37. The molecule has 1 aromatic rings. The molecule has 2 fully saturated rings. The summed E-state index contributed by atoms with van der Waals surface area (Å²) >= 11 is 0. The van der Waals surface area contributed by atoms with Crippen LogP contribution in [-0.4, -0.2) is 18.5 Å². The van der Waals surface area contributed by atoms with Crippen molar-refractivity contribution in [3.8, 4) is 0 Å². The van der Waals surface area contributed by atoms with E-state index in [1.165, 1.54) is 19.4 Å². The number of allylic oxidation sites excluding steroid dienone is 2. The molecule has 0 unspecified atom stereocenters. The number of piperidine rings is 1. The largest absolute Gasteiger partial charge is 0.298 e. The summed E-state index contributed by atoms with van der Waals surface area (Å²) < 4.78 is 0. The summed E-state index contributed by atoms with van der Waals surface area (Å²) in [5.74, 6) is 4.32. The maximum Gasteiger partial charge on any atom is 0.0385 e. The van der Waals surface area contributed by atoms with Gasteiger partial charge in [0, 0.05) is 18.5 Å². The van der Waals surface area contributed by atoms with Crippen molar-refractivity contribution in [2.45, 2.75) is 24.8 Å². The van der Waals surface area contributed by atoms with E-state index in [0.717, 1.165) is 29.6 Å². The topological polar surface area (TPSA) is 3.24 Å². The molecule has 4 aliphatic carbocycles. The van der Waals surface area contributed by atoms with E-state index < -0.39 is 0 Å². The lowest BCUT2D eigenvalue weighted by molar-refractivity contribution is -0.0442. The van der Waals surface area contributed by atoms with Crippen LogP contribution in [-0.2, 0) is 0 Å². The van der Waals surface area contributed by atoms with Gasteiger partial charge < -0.3 is 0 Å². The van der Waals surface area contributed by atoms with Gasteiger partial charge in [0.2, 0.25) is 0 Å². The number of benzene rings is 1. The summed E-state index contributed by atoms with van der Waals surface area (Å²) in [5, 5.41) is 0. The van der Waals surface area contributed by atoms with Crippen LogP contribution < -0.4 is 0 Å². The SMILES string of the molecule is CN1C[C@@H]2c3ccccc3[C@H]1[C@H]1[C@@H]2[C@H]2C=C[C@@H]1CC2. The standard InChI is InChI=1S/C18H21N/c1-19-10-15-13-4-2-3-5-14(13)18(19)17-12-8-6-11(7-9-12)16(15)17/h2-6,8,11-12,15-18H,7,9-10H2,1H3/t11-,12+,15+,16+,17+,18-/m0/s1. The molecule has 0 amide bonds. The van der Waals surface area contributed by atoms with Crippen LogP contribution in [0.5, 0.6) is 0 Å². The molecular weight excluding hydrogens is 230 g/mol. The molecule has 1 saturated carbocycles. The van der Waals surface area contributed by atoms with E-state index in [4.69, 9.17) is 0 Å². The Balaban J connectivity index is 1.73. The van der Waals surface area contributed by atoms with Gasteiger partial charge >= 0.3 is 0 Å². The Labute approximate surface area is 115 Å². The average molecular weight is 251 g/mol. The Hall–Kier alpha value is -1.08. The van der Waals surface area contributed by atoms with E-state index in [9.17, 15) is 0 Å². The second kappa shape index (κ2) is 3.52. The van der Waals surface area contributed by atoms with Gasteiger partial charge in [-0.05, 0) is 54.7 Å². The van der Waals surface area contributed by atoms with E-state index >= 15 is 0 Å². The molecule has 2 heterocycles. The highest BCUT2D eigenvalue weighted by Gasteiger charge is 2.56. The highest BCUT2D eigenvalue weighted by molar-refractivity contribution is 5.42. The predicted octanol–water partition coefficient (Wildman–Crippen LogP) is 3.60. The molecule has 98 valence electrons. The zero-order valence-corrected chi connectivity index (χ0v) is 11.5. The molecule has 0 spiro atoms. The van der Waals surface area contributed by atoms with Crippen LogP contribution in [0.2, 0.25) is 0 Å². The van der Waals surface area contributed by atoms with Crippen molar-refractivity contribution in [3.05, 3.63) is 47.5 Å². The molecule has 1 heteroatoms. The Morgan fingerprint density at radius 2 is 1.63 bits per heavy atom. The van der Waals surface area contributed by atoms with Gasteiger partial charge in [-0.2, -0.15) is 0 Å². The van der Waals surface area contributed by atoms with Crippen molar-refractivity contribution in [1.29, 1.82) is 0 Å². The third-order valence-electron chi connectivity index (χ3n) is 6.37. The first-order valence-electron chi connectivity index (χ1n) is 7.82. The van der Waals surface area contributed by atoms with E-state index in [1.54, 1.807) is 11.1 Å². The number of rotatable bonds is 0. The lowest BCUT2D eigenvalue weighted by atomic mass is 9.50. The van der Waals surface area contributed by atoms with Crippen molar-refractivity contribution in [1.82, 2.24) is 4.90 Å². The Morgan fingerprint density at radius 3 is 2.37 bits per heavy atom. The van der Waals surface area contributed by atoms with Gasteiger partial charge in [-0.25, -0.2) is 0 Å². The summed E-state index contributed by atoms with van der Waals surface area (Å²) in [6.07, 6.45) is 7.98. The Kier molecular flexibility index (Phi) is 1.98. The van der Waals surface area contributed by atoms with Crippen LogP contribution >= 0.6 is 0 Å². The molecule has 0 N–H and O–H groups in total. The second-order valence-electron chi connectivity index (χ2n) is 7.06. The third kappa shape index (κ3) is 1.20. The van der Waals surface area contributed by atoms with Gasteiger partial charge in [-0.3, -0.25) is 4.90 Å². The molecule has 1 nitrogen and oxygen atoms in total. The lowest BCUT2D eigenvalue weighted by Crippen LogP contribution is -2.56. The first kappa shape index (κ1) is 10.7. The van der Waals surface area contributed by atoms with E-state index in [-0.39, 0.29) is 0 Å². The number of hydrogen-bond donors (Lipinski definition) is 0. The predicted molar refractivity (Wildman–Crippen MR) is 76.9 cm³/mol.